The molecule has 0 spiro atoms. The lowest BCUT2D eigenvalue weighted by molar-refractivity contribution is -0.136. The molecule has 22 heavy (non-hydrogen) atoms. The molecule has 124 valence electrons. The Labute approximate surface area is 134 Å². The SMILES string of the molecule is Cl.NCC(F)(F)CNC(=O)C1CCCOC1c1ccccc1. The van der Waals surface area contributed by atoms with Crippen molar-refractivity contribution in [3.63, 3.8) is 0 Å². The van der Waals surface area contributed by atoms with Crippen LogP contribution in [-0.2, 0) is 9.53 Å². The molecule has 1 saturated heterocycles. The van der Waals surface area contributed by atoms with Crippen LogP contribution in [0.5, 0.6) is 0 Å². The largest absolute Gasteiger partial charge is 0.373 e. The molecule has 0 radical (unpaired) electrons. The molecule has 1 heterocycles. The lowest BCUT2D eigenvalue weighted by Gasteiger charge is -2.31. The van der Waals surface area contributed by atoms with Crippen LogP contribution in [0.3, 0.4) is 0 Å². The summed E-state index contributed by atoms with van der Waals surface area (Å²) < 4.78 is 31.9. The van der Waals surface area contributed by atoms with Gasteiger partial charge in [0.2, 0.25) is 5.91 Å². The number of hydrogen-bond donors (Lipinski definition) is 2. The van der Waals surface area contributed by atoms with E-state index < -0.39 is 30.8 Å². The van der Waals surface area contributed by atoms with E-state index in [-0.39, 0.29) is 18.5 Å². The molecule has 1 aliphatic rings. The van der Waals surface area contributed by atoms with E-state index >= 15 is 0 Å². The number of carbonyl (C=O) groups excluding carboxylic acids is 1. The van der Waals surface area contributed by atoms with Gasteiger partial charge in [-0.15, -0.1) is 12.4 Å². The van der Waals surface area contributed by atoms with Crippen molar-refractivity contribution in [3.05, 3.63) is 35.9 Å². The van der Waals surface area contributed by atoms with Gasteiger partial charge in [-0.3, -0.25) is 4.79 Å². The number of nitrogens with one attached hydrogen (secondary N) is 1. The van der Waals surface area contributed by atoms with Gasteiger partial charge in [-0.2, -0.15) is 0 Å². The van der Waals surface area contributed by atoms with Crippen LogP contribution in [0.2, 0.25) is 0 Å². The van der Waals surface area contributed by atoms with Crippen molar-refractivity contribution < 1.29 is 18.3 Å². The Morgan fingerprint density at radius 1 is 1.36 bits per heavy atom. The lowest BCUT2D eigenvalue weighted by Crippen LogP contribution is -2.45. The van der Waals surface area contributed by atoms with Crippen LogP contribution in [0.4, 0.5) is 8.78 Å². The average molecular weight is 335 g/mol. The number of amides is 1. The van der Waals surface area contributed by atoms with Gasteiger partial charge >= 0.3 is 0 Å². The summed E-state index contributed by atoms with van der Waals surface area (Å²) in [7, 11) is 0. The molecule has 2 unspecified atom stereocenters. The Hall–Kier alpha value is -1.24. The van der Waals surface area contributed by atoms with Gasteiger partial charge in [-0.05, 0) is 18.4 Å². The Morgan fingerprint density at radius 3 is 2.68 bits per heavy atom. The highest BCUT2D eigenvalue weighted by Crippen LogP contribution is 2.33. The Balaban J connectivity index is 0.00000242. The maximum absolute atomic E-state index is 13.1. The predicted octanol–water partition coefficient (Wildman–Crippen LogP) is 2.29. The van der Waals surface area contributed by atoms with Crippen LogP contribution in [-0.4, -0.2) is 31.5 Å². The summed E-state index contributed by atoms with van der Waals surface area (Å²) in [4.78, 5) is 12.2. The fraction of sp³-hybridized carbons (Fsp3) is 0.533. The lowest BCUT2D eigenvalue weighted by atomic mass is 9.88. The van der Waals surface area contributed by atoms with Crippen LogP contribution in [0.1, 0.15) is 24.5 Å². The molecular weight excluding hydrogens is 314 g/mol. The molecule has 0 bridgehead atoms. The Morgan fingerprint density at radius 2 is 2.05 bits per heavy atom. The maximum Gasteiger partial charge on any atom is 0.277 e. The second-order valence-corrected chi connectivity index (χ2v) is 5.23. The Kier molecular flexibility index (Phi) is 7.19. The molecule has 0 aromatic heterocycles. The second-order valence-electron chi connectivity index (χ2n) is 5.23. The quantitative estimate of drug-likeness (QED) is 0.868. The van der Waals surface area contributed by atoms with Gasteiger partial charge in [0.25, 0.3) is 5.92 Å². The molecule has 4 nitrogen and oxygen atoms in total. The smallest absolute Gasteiger partial charge is 0.277 e. The van der Waals surface area contributed by atoms with Gasteiger partial charge in [0, 0.05) is 6.61 Å². The first-order chi connectivity index (χ1) is 10.0. The molecule has 3 N–H and O–H groups in total. The first kappa shape index (κ1) is 18.8. The van der Waals surface area contributed by atoms with Gasteiger partial charge in [-0.1, -0.05) is 30.3 Å². The monoisotopic (exact) mass is 334 g/mol. The van der Waals surface area contributed by atoms with Gasteiger partial charge in [0.1, 0.15) is 0 Å². The summed E-state index contributed by atoms with van der Waals surface area (Å²) in [5.74, 6) is -3.93. The second kappa shape index (κ2) is 8.41. The van der Waals surface area contributed by atoms with Crippen LogP contribution < -0.4 is 11.1 Å². The fourth-order valence-corrected chi connectivity index (χ4v) is 2.44. The molecule has 0 saturated carbocycles. The van der Waals surface area contributed by atoms with Crippen molar-refractivity contribution >= 4 is 18.3 Å². The highest BCUT2D eigenvalue weighted by Gasteiger charge is 2.35. The standard InChI is InChI=1S/C15H20F2N2O2.ClH/c16-15(17,9-18)10-19-14(20)12-7-4-8-21-13(12)11-5-2-1-3-6-11;/h1-3,5-6,12-13H,4,7-10,18H2,(H,19,20);1H. The molecular formula is C15H21ClF2N2O2. The van der Waals surface area contributed by atoms with E-state index in [0.29, 0.717) is 13.0 Å². The summed E-state index contributed by atoms with van der Waals surface area (Å²) in [6.45, 7) is -0.945. The number of nitrogens with two attached hydrogens (primary N) is 1. The van der Waals surface area contributed by atoms with E-state index in [0.717, 1.165) is 12.0 Å². The van der Waals surface area contributed by atoms with Crippen molar-refractivity contribution in [3.8, 4) is 0 Å². The number of halogens is 3. The number of rotatable bonds is 5. The van der Waals surface area contributed by atoms with Gasteiger partial charge in [0.15, 0.2) is 0 Å². The minimum atomic E-state index is -3.08. The molecule has 2 atom stereocenters. The summed E-state index contributed by atoms with van der Waals surface area (Å²) in [6.07, 6.45) is 0.986. The van der Waals surface area contributed by atoms with E-state index in [2.05, 4.69) is 5.32 Å². The third kappa shape index (κ3) is 4.90. The number of hydrogen-bond acceptors (Lipinski definition) is 3. The summed E-state index contributed by atoms with van der Waals surface area (Å²) >= 11 is 0. The predicted molar refractivity (Wildman–Crippen MR) is 82.1 cm³/mol. The van der Waals surface area contributed by atoms with Gasteiger partial charge in [0.05, 0.1) is 25.1 Å². The summed E-state index contributed by atoms with van der Waals surface area (Å²) in [5, 5.41) is 2.29. The zero-order chi connectivity index (χ0) is 15.3. The number of carbonyl (C=O) groups is 1. The van der Waals surface area contributed by atoms with Crippen molar-refractivity contribution in [2.24, 2.45) is 11.7 Å². The van der Waals surface area contributed by atoms with E-state index in [1.807, 2.05) is 30.3 Å². The summed E-state index contributed by atoms with van der Waals surface area (Å²) in [6, 6.07) is 9.37. The molecule has 1 fully saturated rings. The van der Waals surface area contributed by atoms with E-state index in [1.165, 1.54) is 0 Å². The molecule has 7 heteroatoms. The number of ether oxygens (including phenoxy) is 1. The van der Waals surface area contributed by atoms with Crippen LogP contribution in [0.15, 0.2) is 30.3 Å². The average Bonchev–Trinajstić information content (AvgIpc) is 2.53. The molecule has 1 aromatic carbocycles. The normalized spacial score (nSPS) is 21.8. The van der Waals surface area contributed by atoms with Crippen molar-refractivity contribution in [2.45, 2.75) is 24.9 Å². The third-order valence-corrected chi connectivity index (χ3v) is 3.61. The zero-order valence-corrected chi connectivity index (χ0v) is 13.0. The van der Waals surface area contributed by atoms with Crippen molar-refractivity contribution in [1.29, 1.82) is 0 Å². The zero-order valence-electron chi connectivity index (χ0n) is 12.1. The van der Waals surface area contributed by atoms with Crippen molar-refractivity contribution in [1.82, 2.24) is 5.32 Å². The highest BCUT2D eigenvalue weighted by molar-refractivity contribution is 5.85. The molecule has 0 aliphatic carbocycles. The number of alkyl halides is 2. The minimum Gasteiger partial charge on any atom is -0.373 e. The third-order valence-electron chi connectivity index (χ3n) is 3.61. The van der Waals surface area contributed by atoms with Crippen LogP contribution in [0.25, 0.3) is 0 Å². The first-order valence-electron chi connectivity index (χ1n) is 7.05. The maximum atomic E-state index is 13.1. The molecule has 2 rings (SSSR count). The van der Waals surface area contributed by atoms with Crippen molar-refractivity contribution in [2.75, 3.05) is 19.7 Å². The number of benzene rings is 1. The van der Waals surface area contributed by atoms with Gasteiger partial charge in [-0.25, -0.2) is 8.78 Å². The molecule has 1 aromatic rings. The topological polar surface area (TPSA) is 64.3 Å². The molecule has 1 aliphatic heterocycles. The van der Waals surface area contributed by atoms with Gasteiger partial charge < -0.3 is 15.8 Å². The first-order valence-corrected chi connectivity index (χ1v) is 7.05. The minimum absolute atomic E-state index is 0. The van der Waals surface area contributed by atoms with E-state index in [4.69, 9.17) is 10.5 Å². The Bertz CT molecular complexity index is 474. The summed E-state index contributed by atoms with van der Waals surface area (Å²) in [5.41, 5.74) is 5.85. The van der Waals surface area contributed by atoms with Crippen LogP contribution in [0, 0.1) is 5.92 Å². The van der Waals surface area contributed by atoms with E-state index in [9.17, 15) is 13.6 Å². The van der Waals surface area contributed by atoms with E-state index in [1.54, 1.807) is 0 Å². The fourth-order valence-electron chi connectivity index (χ4n) is 2.44. The molecule has 1 amide bonds. The van der Waals surface area contributed by atoms with Crippen LogP contribution >= 0.6 is 12.4 Å². The highest BCUT2D eigenvalue weighted by atomic mass is 35.5.